The maximum atomic E-state index is 14.8. The molecule has 0 aliphatic rings. The van der Waals surface area contributed by atoms with E-state index in [1.54, 1.807) is 32.9 Å². The molecule has 1 aromatic carbocycles. The summed E-state index contributed by atoms with van der Waals surface area (Å²) in [5, 5.41) is 32.3. The second-order valence-electron chi connectivity index (χ2n) is 8.19. The van der Waals surface area contributed by atoms with Crippen molar-refractivity contribution < 1.29 is 28.9 Å². The predicted octanol–water partition coefficient (Wildman–Crippen LogP) is 3.75. The molecular weight excluding hydrogens is 452 g/mol. The second-order valence-corrected chi connectivity index (χ2v) is 9.25. The maximum Gasteiger partial charge on any atom is 0.251 e. The largest absolute Gasteiger partial charge is 0.396 e. The quantitative estimate of drug-likeness (QED) is 0.336. The normalized spacial score (nSPS) is 12.6. The number of nitrogens with one attached hydrogen (secondary N) is 1. The van der Waals surface area contributed by atoms with Crippen LogP contribution in [0, 0.1) is 11.6 Å². The lowest BCUT2D eigenvalue weighted by atomic mass is 9.97. The number of pyridine rings is 1. The summed E-state index contributed by atoms with van der Waals surface area (Å²) in [7, 11) is 0. The Morgan fingerprint density at radius 3 is 2.36 bits per heavy atom. The van der Waals surface area contributed by atoms with Gasteiger partial charge >= 0.3 is 0 Å². The highest BCUT2D eigenvalue weighted by Gasteiger charge is 2.24. The number of nitrogens with zero attached hydrogens (tertiary/aromatic N) is 1. The van der Waals surface area contributed by atoms with Crippen molar-refractivity contribution in [2.24, 2.45) is 5.73 Å². The standard InChI is InChI=1S/C23H25F2N3O4S/c1-11(9-29)12-6-15(24)20(16(25)7-12)18-8-13(21(26)31)22(33-18)28-19-5-4-14(23(2,3)32)17(10-30)27-19/h4-8,11,29-30,32H,9-10H2,1-3H3,(H2,26,31)(H,27,28). The van der Waals surface area contributed by atoms with Crippen molar-refractivity contribution in [1.29, 1.82) is 0 Å². The van der Waals surface area contributed by atoms with E-state index in [-0.39, 0.29) is 39.1 Å². The molecule has 176 valence electrons. The van der Waals surface area contributed by atoms with Gasteiger partial charge in [-0.1, -0.05) is 13.0 Å². The first-order valence-corrected chi connectivity index (χ1v) is 10.9. The minimum absolute atomic E-state index is 0.0144. The van der Waals surface area contributed by atoms with Crippen LogP contribution >= 0.6 is 11.3 Å². The van der Waals surface area contributed by atoms with Crippen LogP contribution in [0.3, 0.4) is 0 Å². The first-order valence-electron chi connectivity index (χ1n) is 10.1. The van der Waals surface area contributed by atoms with Gasteiger partial charge in [0.2, 0.25) is 0 Å². The number of aliphatic hydroxyl groups excluding tert-OH is 2. The Morgan fingerprint density at radius 1 is 1.21 bits per heavy atom. The Hall–Kier alpha value is -2.92. The zero-order valence-electron chi connectivity index (χ0n) is 18.3. The molecule has 0 saturated heterocycles. The van der Waals surface area contributed by atoms with Gasteiger partial charge in [0.15, 0.2) is 0 Å². The Morgan fingerprint density at radius 2 is 1.85 bits per heavy atom. The second kappa shape index (κ2) is 9.52. The van der Waals surface area contributed by atoms with E-state index in [1.165, 1.54) is 6.07 Å². The van der Waals surface area contributed by atoms with Crippen LogP contribution < -0.4 is 11.1 Å². The Balaban J connectivity index is 2.04. The fourth-order valence-corrected chi connectivity index (χ4v) is 4.49. The Labute approximate surface area is 193 Å². The third-order valence-electron chi connectivity index (χ3n) is 5.18. The summed E-state index contributed by atoms with van der Waals surface area (Å²) in [5.41, 5.74) is 4.92. The number of benzene rings is 1. The van der Waals surface area contributed by atoms with Gasteiger partial charge in [-0.3, -0.25) is 4.79 Å². The molecule has 0 spiro atoms. The topological polar surface area (TPSA) is 129 Å². The van der Waals surface area contributed by atoms with E-state index in [0.717, 1.165) is 23.5 Å². The number of nitrogens with two attached hydrogens (primary N) is 1. The number of thiophene rings is 1. The third-order valence-corrected chi connectivity index (χ3v) is 6.24. The van der Waals surface area contributed by atoms with Crippen molar-refractivity contribution in [3.63, 3.8) is 0 Å². The van der Waals surface area contributed by atoms with Gasteiger partial charge in [0.05, 0.1) is 29.0 Å². The molecule has 2 aromatic heterocycles. The van der Waals surface area contributed by atoms with Gasteiger partial charge in [0.25, 0.3) is 5.91 Å². The molecule has 10 heteroatoms. The fourth-order valence-electron chi connectivity index (χ4n) is 3.37. The molecule has 3 aromatic rings. The summed E-state index contributed by atoms with van der Waals surface area (Å²) in [5.74, 6) is -2.66. The van der Waals surface area contributed by atoms with Gasteiger partial charge < -0.3 is 26.4 Å². The molecule has 0 fully saturated rings. The molecule has 1 atom stereocenters. The summed E-state index contributed by atoms with van der Waals surface area (Å²) in [6.45, 7) is 4.07. The van der Waals surface area contributed by atoms with Crippen LogP contribution in [0.2, 0.25) is 0 Å². The lowest BCUT2D eigenvalue weighted by Crippen LogP contribution is -2.19. The van der Waals surface area contributed by atoms with Crippen LogP contribution in [-0.2, 0) is 12.2 Å². The highest BCUT2D eigenvalue weighted by Crippen LogP contribution is 2.40. The van der Waals surface area contributed by atoms with Crippen LogP contribution in [-0.4, -0.2) is 32.8 Å². The molecular formula is C23H25F2N3O4S. The molecule has 6 N–H and O–H groups in total. The molecule has 7 nitrogen and oxygen atoms in total. The summed E-state index contributed by atoms with van der Waals surface area (Å²) in [6.07, 6.45) is 0. The van der Waals surface area contributed by atoms with Crippen molar-refractivity contribution in [3.05, 3.63) is 64.4 Å². The van der Waals surface area contributed by atoms with E-state index in [2.05, 4.69) is 10.3 Å². The highest BCUT2D eigenvalue weighted by molar-refractivity contribution is 7.20. The number of rotatable bonds is 8. The number of aromatic nitrogens is 1. The lowest BCUT2D eigenvalue weighted by Gasteiger charge is -2.21. The number of carbonyl (C=O) groups excluding carboxylic acids is 1. The monoisotopic (exact) mass is 477 g/mol. The zero-order chi connectivity index (χ0) is 24.5. The van der Waals surface area contributed by atoms with Crippen LogP contribution in [0.15, 0.2) is 30.3 Å². The number of halogens is 2. The van der Waals surface area contributed by atoms with Crippen molar-refractivity contribution >= 4 is 28.1 Å². The summed E-state index contributed by atoms with van der Waals surface area (Å²) in [4.78, 5) is 16.4. The smallest absolute Gasteiger partial charge is 0.251 e. The lowest BCUT2D eigenvalue weighted by molar-refractivity contribution is 0.0753. The molecule has 1 unspecified atom stereocenters. The van der Waals surface area contributed by atoms with Gasteiger partial charge in [-0.25, -0.2) is 13.8 Å². The molecule has 3 rings (SSSR count). The molecule has 0 aliphatic carbocycles. The first kappa shape index (κ1) is 24.7. The number of aliphatic hydroxyl groups is 3. The van der Waals surface area contributed by atoms with E-state index in [4.69, 9.17) is 5.73 Å². The number of carbonyl (C=O) groups is 1. The van der Waals surface area contributed by atoms with E-state index >= 15 is 0 Å². The number of hydrogen-bond donors (Lipinski definition) is 5. The number of hydrogen-bond acceptors (Lipinski definition) is 7. The molecule has 0 radical (unpaired) electrons. The molecule has 1 amide bonds. The van der Waals surface area contributed by atoms with E-state index in [0.29, 0.717) is 11.1 Å². The van der Waals surface area contributed by atoms with Gasteiger partial charge in [-0.05, 0) is 43.7 Å². The minimum atomic E-state index is -1.23. The summed E-state index contributed by atoms with van der Waals surface area (Å²) < 4.78 is 29.6. The minimum Gasteiger partial charge on any atom is -0.396 e. The molecule has 0 bridgehead atoms. The molecule has 2 heterocycles. The summed E-state index contributed by atoms with van der Waals surface area (Å²) >= 11 is 0.914. The van der Waals surface area contributed by atoms with Crippen molar-refractivity contribution in [2.45, 2.75) is 38.9 Å². The maximum absolute atomic E-state index is 14.8. The third kappa shape index (κ3) is 5.19. The summed E-state index contributed by atoms with van der Waals surface area (Å²) in [6, 6.07) is 6.73. The highest BCUT2D eigenvalue weighted by atomic mass is 32.1. The molecule has 0 aliphatic heterocycles. The van der Waals surface area contributed by atoms with Gasteiger partial charge in [0, 0.05) is 23.0 Å². The first-order chi connectivity index (χ1) is 15.5. The molecule has 33 heavy (non-hydrogen) atoms. The van der Waals surface area contributed by atoms with E-state index in [1.807, 2.05) is 0 Å². The number of amides is 1. The Bertz CT molecular complexity index is 1170. The van der Waals surface area contributed by atoms with E-state index < -0.39 is 35.7 Å². The van der Waals surface area contributed by atoms with Gasteiger partial charge in [-0.15, -0.1) is 11.3 Å². The van der Waals surface area contributed by atoms with Crippen LogP contribution in [0.25, 0.3) is 10.4 Å². The van der Waals surface area contributed by atoms with Crippen molar-refractivity contribution in [1.82, 2.24) is 4.98 Å². The average molecular weight is 478 g/mol. The Kier molecular flexibility index (Phi) is 7.13. The zero-order valence-corrected chi connectivity index (χ0v) is 19.1. The predicted molar refractivity (Wildman–Crippen MR) is 122 cm³/mol. The van der Waals surface area contributed by atoms with Gasteiger partial charge in [-0.2, -0.15) is 0 Å². The van der Waals surface area contributed by atoms with Gasteiger partial charge in [0.1, 0.15) is 22.5 Å². The van der Waals surface area contributed by atoms with Crippen LogP contribution in [0.4, 0.5) is 19.6 Å². The molecule has 0 saturated carbocycles. The average Bonchev–Trinajstić information content (AvgIpc) is 3.15. The SMILES string of the molecule is CC(CO)c1cc(F)c(-c2cc(C(N)=O)c(Nc3ccc(C(C)(C)O)c(CO)n3)s2)c(F)c1. The van der Waals surface area contributed by atoms with Crippen molar-refractivity contribution in [2.75, 3.05) is 11.9 Å². The van der Waals surface area contributed by atoms with E-state index in [9.17, 15) is 28.9 Å². The number of anilines is 2. The fraction of sp³-hybridized carbons (Fsp3) is 0.304. The number of primary amides is 1. The van der Waals surface area contributed by atoms with Crippen LogP contribution in [0.1, 0.15) is 53.9 Å². The van der Waals surface area contributed by atoms with Crippen LogP contribution in [0.5, 0.6) is 0 Å². The van der Waals surface area contributed by atoms with Crippen molar-refractivity contribution in [3.8, 4) is 10.4 Å².